The molecule has 0 bridgehead atoms. The van der Waals surface area contributed by atoms with Crippen molar-refractivity contribution in [2.45, 2.75) is 6.42 Å². The van der Waals surface area contributed by atoms with Gasteiger partial charge in [-0.25, -0.2) is 0 Å². The number of nitriles is 1. The summed E-state index contributed by atoms with van der Waals surface area (Å²) < 4.78 is 0. The van der Waals surface area contributed by atoms with Crippen LogP contribution in [0, 0.1) is 11.3 Å². The lowest BCUT2D eigenvalue weighted by Crippen LogP contribution is -2.11. The molecule has 0 aliphatic rings. The summed E-state index contributed by atoms with van der Waals surface area (Å²) >= 11 is 0. The third-order valence-corrected chi connectivity index (χ3v) is 1.40. The fraction of sp³-hybridized carbons (Fsp3) is 0.143. The van der Waals surface area contributed by atoms with Gasteiger partial charge in [0.25, 0.3) is 5.56 Å². The Hall–Kier alpha value is -1.96. The Bertz CT molecular complexity index is 389. The van der Waals surface area contributed by atoms with Crippen LogP contribution in [0.25, 0.3) is 0 Å². The predicted octanol–water partition coefficient (Wildman–Crippen LogP) is -0.148. The Morgan fingerprint density at radius 2 is 2.25 bits per heavy atom. The number of pyridine rings is 1. The standard InChI is InChI=1S/C7H6N2O3/c8-2-1-4-6(11)5(10)3-9-7(4)12/h3,10H,1H2,(H2,9,11,12). The maximum absolute atomic E-state index is 10.9. The molecule has 0 aliphatic carbocycles. The Morgan fingerprint density at radius 1 is 1.58 bits per heavy atom. The van der Waals surface area contributed by atoms with E-state index in [1.54, 1.807) is 6.07 Å². The average Bonchev–Trinajstić information content (AvgIpc) is 2.06. The van der Waals surface area contributed by atoms with Crippen LogP contribution in [0.2, 0.25) is 0 Å². The number of nitrogens with one attached hydrogen (secondary N) is 1. The molecule has 0 radical (unpaired) electrons. The van der Waals surface area contributed by atoms with Gasteiger partial charge in [-0.15, -0.1) is 0 Å². The second-order valence-electron chi connectivity index (χ2n) is 2.17. The summed E-state index contributed by atoms with van der Waals surface area (Å²) in [7, 11) is 0. The fourth-order valence-corrected chi connectivity index (χ4v) is 0.795. The molecule has 0 fully saturated rings. The van der Waals surface area contributed by atoms with Gasteiger partial charge >= 0.3 is 0 Å². The first-order chi connectivity index (χ1) is 5.66. The lowest BCUT2D eigenvalue weighted by atomic mass is 10.2. The van der Waals surface area contributed by atoms with Crippen LogP contribution in [0.15, 0.2) is 11.0 Å². The maximum Gasteiger partial charge on any atom is 0.256 e. The number of H-pyrrole nitrogens is 1. The van der Waals surface area contributed by atoms with E-state index in [0.717, 1.165) is 6.20 Å². The Balaban J connectivity index is 3.35. The molecule has 1 aromatic rings. The van der Waals surface area contributed by atoms with Gasteiger partial charge in [-0.1, -0.05) is 0 Å². The van der Waals surface area contributed by atoms with Crippen molar-refractivity contribution in [3.63, 3.8) is 0 Å². The normalized spacial score (nSPS) is 9.25. The molecule has 1 rings (SSSR count). The van der Waals surface area contributed by atoms with Gasteiger partial charge in [0, 0.05) is 6.20 Å². The molecule has 0 unspecified atom stereocenters. The number of aromatic hydroxyl groups is 2. The first-order valence-corrected chi connectivity index (χ1v) is 3.16. The highest BCUT2D eigenvalue weighted by molar-refractivity contribution is 5.42. The second kappa shape index (κ2) is 2.96. The number of nitrogens with zero attached hydrogens (tertiary/aromatic N) is 1. The quantitative estimate of drug-likeness (QED) is 0.540. The molecule has 0 saturated carbocycles. The van der Waals surface area contributed by atoms with Gasteiger partial charge in [0.05, 0.1) is 18.1 Å². The molecule has 3 N–H and O–H groups in total. The highest BCUT2D eigenvalue weighted by Gasteiger charge is 2.09. The van der Waals surface area contributed by atoms with Crippen LogP contribution in [-0.2, 0) is 6.42 Å². The van der Waals surface area contributed by atoms with Crippen LogP contribution in [0.3, 0.4) is 0 Å². The molecule has 0 amide bonds. The smallest absolute Gasteiger partial charge is 0.256 e. The number of rotatable bonds is 1. The number of aromatic nitrogens is 1. The van der Waals surface area contributed by atoms with Gasteiger partial charge in [-0.2, -0.15) is 5.26 Å². The van der Waals surface area contributed by atoms with Crippen LogP contribution in [-0.4, -0.2) is 15.2 Å². The topological polar surface area (TPSA) is 97.1 Å². The Morgan fingerprint density at radius 3 is 2.83 bits per heavy atom. The van der Waals surface area contributed by atoms with Crippen molar-refractivity contribution in [1.29, 1.82) is 5.26 Å². The number of hydrogen-bond donors (Lipinski definition) is 3. The Kier molecular flexibility index (Phi) is 2.01. The maximum atomic E-state index is 10.9. The molecule has 0 atom stereocenters. The van der Waals surface area contributed by atoms with Crippen molar-refractivity contribution in [1.82, 2.24) is 4.98 Å². The van der Waals surface area contributed by atoms with Crippen molar-refractivity contribution >= 4 is 0 Å². The molecule has 0 aliphatic heterocycles. The molecule has 0 aromatic carbocycles. The van der Waals surface area contributed by atoms with E-state index in [1.165, 1.54) is 0 Å². The summed E-state index contributed by atoms with van der Waals surface area (Å²) in [5.74, 6) is -0.958. The van der Waals surface area contributed by atoms with Crippen LogP contribution >= 0.6 is 0 Å². The predicted molar refractivity (Wildman–Crippen MR) is 39.7 cm³/mol. The monoisotopic (exact) mass is 166 g/mol. The van der Waals surface area contributed by atoms with Gasteiger partial charge in [0.2, 0.25) is 0 Å². The molecule has 12 heavy (non-hydrogen) atoms. The third kappa shape index (κ3) is 1.22. The number of hydrogen-bond acceptors (Lipinski definition) is 4. The van der Waals surface area contributed by atoms with Gasteiger partial charge in [0.15, 0.2) is 11.5 Å². The van der Waals surface area contributed by atoms with Crippen molar-refractivity contribution in [3.05, 3.63) is 22.1 Å². The summed E-state index contributed by atoms with van der Waals surface area (Å²) in [5, 5.41) is 26.3. The molecule has 5 nitrogen and oxygen atoms in total. The fourth-order valence-electron chi connectivity index (χ4n) is 0.795. The van der Waals surface area contributed by atoms with E-state index in [2.05, 4.69) is 4.98 Å². The van der Waals surface area contributed by atoms with Crippen LogP contribution in [0.5, 0.6) is 11.5 Å². The zero-order valence-electron chi connectivity index (χ0n) is 6.03. The third-order valence-electron chi connectivity index (χ3n) is 1.40. The van der Waals surface area contributed by atoms with Gasteiger partial charge in [0.1, 0.15) is 0 Å². The Labute approximate surface area is 67.5 Å². The van der Waals surface area contributed by atoms with E-state index in [-0.39, 0.29) is 12.0 Å². The highest BCUT2D eigenvalue weighted by Crippen LogP contribution is 2.24. The molecule has 0 saturated heterocycles. The van der Waals surface area contributed by atoms with Gasteiger partial charge in [-0.05, 0) is 0 Å². The summed E-state index contributed by atoms with van der Waals surface area (Å²) in [6.45, 7) is 0. The lowest BCUT2D eigenvalue weighted by Gasteiger charge is -1.99. The zero-order valence-corrected chi connectivity index (χ0v) is 6.03. The first kappa shape index (κ1) is 8.14. The van der Waals surface area contributed by atoms with Crippen molar-refractivity contribution in [2.75, 3.05) is 0 Å². The van der Waals surface area contributed by atoms with Crippen LogP contribution in [0.4, 0.5) is 0 Å². The van der Waals surface area contributed by atoms with Crippen LogP contribution in [0.1, 0.15) is 5.56 Å². The SMILES string of the molecule is N#CCc1c(O)c(O)c[nH]c1=O. The van der Waals surface area contributed by atoms with Gasteiger partial charge < -0.3 is 15.2 Å². The molecule has 0 spiro atoms. The van der Waals surface area contributed by atoms with Crippen LogP contribution < -0.4 is 5.56 Å². The molecule has 1 heterocycles. The van der Waals surface area contributed by atoms with E-state index in [0.29, 0.717) is 0 Å². The summed E-state index contributed by atoms with van der Waals surface area (Å²) in [4.78, 5) is 13.1. The molecule has 5 heteroatoms. The van der Waals surface area contributed by atoms with Crippen molar-refractivity contribution in [3.8, 4) is 17.6 Å². The molecule has 1 aromatic heterocycles. The minimum absolute atomic E-state index is 0.113. The highest BCUT2D eigenvalue weighted by atomic mass is 16.3. The first-order valence-electron chi connectivity index (χ1n) is 3.16. The minimum atomic E-state index is -0.563. The van der Waals surface area contributed by atoms with E-state index in [9.17, 15) is 4.79 Å². The molecule has 62 valence electrons. The van der Waals surface area contributed by atoms with Crippen molar-refractivity contribution < 1.29 is 10.2 Å². The minimum Gasteiger partial charge on any atom is -0.504 e. The summed E-state index contributed by atoms with van der Waals surface area (Å²) in [6.07, 6.45) is 0.744. The number of aromatic amines is 1. The molecular weight excluding hydrogens is 160 g/mol. The second-order valence-corrected chi connectivity index (χ2v) is 2.17. The summed E-state index contributed by atoms with van der Waals surface area (Å²) in [5.41, 5.74) is -0.677. The summed E-state index contributed by atoms with van der Waals surface area (Å²) in [6, 6.07) is 1.70. The van der Waals surface area contributed by atoms with E-state index in [4.69, 9.17) is 15.5 Å². The lowest BCUT2D eigenvalue weighted by molar-refractivity contribution is 0.397. The van der Waals surface area contributed by atoms with E-state index < -0.39 is 17.1 Å². The zero-order chi connectivity index (χ0) is 9.14. The van der Waals surface area contributed by atoms with Crippen molar-refractivity contribution in [2.24, 2.45) is 0 Å². The van der Waals surface area contributed by atoms with E-state index in [1.807, 2.05) is 0 Å². The van der Waals surface area contributed by atoms with E-state index >= 15 is 0 Å². The largest absolute Gasteiger partial charge is 0.504 e. The molecular formula is C7H6N2O3. The van der Waals surface area contributed by atoms with Gasteiger partial charge in [-0.3, -0.25) is 4.79 Å². The average molecular weight is 166 g/mol.